The molecule has 2 aliphatic heterocycles. The molecule has 3 heterocycles. The van der Waals surface area contributed by atoms with Crippen molar-refractivity contribution in [2.24, 2.45) is 0 Å². The average Bonchev–Trinajstić information content (AvgIpc) is 3.06. The molecule has 0 radical (unpaired) electrons. The van der Waals surface area contributed by atoms with Gasteiger partial charge in [0, 0.05) is 45.7 Å². The predicted molar refractivity (Wildman–Crippen MR) is 117 cm³/mol. The van der Waals surface area contributed by atoms with Crippen molar-refractivity contribution >= 4 is 17.6 Å². The lowest BCUT2D eigenvalue weighted by Gasteiger charge is -2.35. The molecule has 0 unspecified atom stereocenters. The molecule has 1 atom stereocenters. The second-order valence-electron chi connectivity index (χ2n) is 8.28. The molecule has 1 aromatic heterocycles. The summed E-state index contributed by atoms with van der Waals surface area (Å²) in [5.41, 5.74) is 3.22. The Bertz CT molecular complexity index is 888. The number of rotatable bonds is 4. The highest BCUT2D eigenvalue weighted by Gasteiger charge is 2.32. The lowest BCUT2D eigenvalue weighted by Crippen LogP contribution is -2.51. The van der Waals surface area contributed by atoms with Crippen LogP contribution in [0.3, 0.4) is 0 Å². The third-order valence-electron chi connectivity index (χ3n) is 6.16. The number of fused-ring (bicyclic) bond motifs is 1. The van der Waals surface area contributed by atoms with Crippen LogP contribution in [-0.4, -0.2) is 40.8 Å². The van der Waals surface area contributed by atoms with E-state index in [0.717, 1.165) is 35.6 Å². The van der Waals surface area contributed by atoms with Crippen molar-refractivity contribution < 1.29 is 9.59 Å². The van der Waals surface area contributed by atoms with E-state index in [9.17, 15) is 9.59 Å². The Morgan fingerprint density at radius 3 is 2.43 bits per heavy atom. The standard InChI is InChI=1S/C24H30N4O2/c1-18(29)28-17-21-9-5-4-8-20(21)14-22(28)24(30)26-16-19-10-11-23(25-15-19)27-12-6-2-3-7-13-27/h4-5,8-11,15,22H,2-3,6-7,12-14,16-17H2,1H3,(H,26,30)/t22-/m1/s1. The molecule has 1 aromatic carbocycles. The van der Waals surface area contributed by atoms with Gasteiger partial charge in [0.15, 0.2) is 0 Å². The Morgan fingerprint density at radius 1 is 1.03 bits per heavy atom. The molecule has 1 N–H and O–H groups in total. The SMILES string of the molecule is CC(=O)N1Cc2ccccc2C[C@@H]1C(=O)NCc1ccc(N2CCCCCC2)nc1. The maximum Gasteiger partial charge on any atom is 0.243 e. The van der Waals surface area contributed by atoms with Crippen molar-refractivity contribution in [3.63, 3.8) is 0 Å². The van der Waals surface area contributed by atoms with Crippen LogP contribution in [0.4, 0.5) is 5.82 Å². The van der Waals surface area contributed by atoms with Crippen LogP contribution in [0.1, 0.15) is 49.3 Å². The van der Waals surface area contributed by atoms with Crippen LogP contribution >= 0.6 is 0 Å². The fourth-order valence-corrected chi connectivity index (χ4v) is 4.40. The first-order valence-electron chi connectivity index (χ1n) is 10.9. The number of carbonyl (C=O) groups is 2. The minimum atomic E-state index is -0.471. The Hall–Kier alpha value is -2.89. The third kappa shape index (κ3) is 4.64. The summed E-state index contributed by atoms with van der Waals surface area (Å²) in [6, 6.07) is 11.6. The van der Waals surface area contributed by atoms with Gasteiger partial charge in [-0.2, -0.15) is 0 Å². The lowest BCUT2D eigenvalue weighted by molar-refractivity contribution is -0.140. The molecule has 0 spiro atoms. The van der Waals surface area contributed by atoms with E-state index in [1.807, 2.05) is 42.6 Å². The van der Waals surface area contributed by atoms with Gasteiger partial charge in [-0.15, -0.1) is 0 Å². The van der Waals surface area contributed by atoms with Crippen LogP contribution in [0, 0.1) is 0 Å². The smallest absolute Gasteiger partial charge is 0.243 e. The number of amides is 2. The van der Waals surface area contributed by atoms with Crippen molar-refractivity contribution in [1.82, 2.24) is 15.2 Å². The van der Waals surface area contributed by atoms with Crippen LogP contribution < -0.4 is 10.2 Å². The van der Waals surface area contributed by atoms with E-state index in [-0.39, 0.29) is 11.8 Å². The second kappa shape index (κ2) is 9.28. The van der Waals surface area contributed by atoms with Gasteiger partial charge < -0.3 is 15.1 Å². The van der Waals surface area contributed by atoms with E-state index in [4.69, 9.17) is 0 Å². The summed E-state index contributed by atoms with van der Waals surface area (Å²) in [5, 5.41) is 3.01. The van der Waals surface area contributed by atoms with Gasteiger partial charge >= 0.3 is 0 Å². The summed E-state index contributed by atoms with van der Waals surface area (Å²) in [5.74, 6) is 0.822. The predicted octanol–water partition coefficient (Wildman–Crippen LogP) is 3.05. The molecule has 30 heavy (non-hydrogen) atoms. The molecule has 2 aromatic rings. The van der Waals surface area contributed by atoms with Crippen LogP contribution in [-0.2, 0) is 29.1 Å². The minimum absolute atomic E-state index is 0.0758. The van der Waals surface area contributed by atoms with E-state index in [2.05, 4.69) is 15.2 Å². The van der Waals surface area contributed by atoms with Gasteiger partial charge in [0.2, 0.25) is 11.8 Å². The molecule has 6 nitrogen and oxygen atoms in total. The first-order chi connectivity index (χ1) is 14.6. The van der Waals surface area contributed by atoms with Crippen molar-refractivity contribution in [3.8, 4) is 0 Å². The van der Waals surface area contributed by atoms with E-state index in [1.54, 1.807) is 4.90 Å². The Morgan fingerprint density at radius 2 is 1.77 bits per heavy atom. The first kappa shape index (κ1) is 20.4. The van der Waals surface area contributed by atoms with E-state index < -0.39 is 6.04 Å². The van der Waals surface area contributed by atoms with Gasteiger partial charge in [0.1, 0.15) is 11.9 Å². The molecule has 2 aliphatic rings. The van der Waals surface area contributed by atoms with Crippen molar-refractivity contribution in [2.45, 2.75) is 58.2 Å². The highest BCUT2D eigenvalue weighted by molar-refractivity contribution is 5.87. The quantitative estimate of drug-likeness (QED) is 0.848. The van der Waals surface area contributed by atoms with Gasteiger partial charge in [-0.1, -0.05) is 43.2 Å². The summed E-state index contributed by atoms with van der Waals surface area (Å²) in [4.78, 5) is 33.7. The van der Waals surface area contributed by atoms with Crippen LogP contribution in [0.15, 0.2) is 42.6 Å². The Balaban J connectivity index is 1.38. The van der Waals surface area contributed by atoms with Crippen molar-refractivity contribution in [2.75, 3.05) is 18.0 Å². The molecule has 2 amide bonds. The minimum Gasteiger partial charge on any atom is -0.357 e. The Labute approximate surface area is 178 Å². The molecule has 0 bridgehead atoms. The van der Waals surface area contributed by atoms with Gasteiger partial charge in [-0.05, 0) is 35.6 Å². The molecule has 0 saturated carbocycles. The van der Waals surface area contributed by atoms with E-state index in [1.165, 1.54) is 32.6 Å². The Kier molecular flexibility index (Phi) is 6.31. The van der Waals surface area contributed by atoms with Crippen LogP contribution in [0.5, 0.6) is 0 Å². The number of nitrogens with zero attached hydrogens (tertiary/aromatic N) is 3. The summed E-state index contributed by atoms with van der Waals surface area (Å²) >= 11 is 0. The number of anilines is 1. The zero-order valence-electron chi connectivity index (χ0n) is 17.6. The number of benzene rings is 1. The molecule has 0 aliphatic carbocycles. The third-order valence-corrected chi connectivity index (χ3v) is 6.16. The summed E-state index contributed by atoms with van der Waals surface area (Å²) in [6.07, 6.45) is 7.42. The molecule has 6 heteroatoms. The maximum absolute atomic E-state index is 12.9. The number of pyridine rings is 1. The highest BCUT2D eigenvalue weighted by Crippen LogP contribution is 2.24. The van der Waals surface area contributed by atoms with Gasteiger partial charge in [-0.25, -0.2) is 4.98 Å². The summed E-state index contributed by atoms with van der Waals surface area (Å²) in [7, 11) is 0. The first-order valence-corrected chi connectivity index (χ1v) is 10.9. The topological polar surface area (TPSA) is 65.5 Å². The van der Waals surface area contributed by atoms with Gasteiger partial charge in [0.05, 0.1) is 0 Å². The number of hydrogen-bond donors (Lipinski definition) is 1. The van der Waals surface area contributed by atoms with E-state index >= 15 is 0 Å². The number of nitrogens with one attached hydrogen (secondary N) is 1. The second-order valence-corrected chi connectivity index (χ2v) is 8.28. The van der Waals surface area contributed by atoms with Crippen molar-refractivity contribution in [3.05, 3.63) is 59.3 Å². The molecule has 1 saturated heterocycles. The van der Waals surface area contributed by atoms with Crippen LogP contribution in [0.2, 0.25) is 0 Å². The lowest BCUT2D eigenvalue weighted by atomic mass is 9.93. The molecule has 1 fully saturated rings. The zero-order chi connectivity index (χ0) is 20.9. The fourth-order valence-electron chi connectivity index (χ4n) is 4.40. The van der Waals surface area contributed by atoms with Gasteiger partial charge in [-0.3, -0.25) is 9.59 Å². The summed E-state index contributed by atoms with van der Waals surface area (Å²) in [6.45, 7) is 4.55. The maximum atomic E-state index is 12.9. The molecule has 4 rings (SSSR count). The van der Waals surface area contributed by atoms with E-state index in [0.29, 0.717) is 19.5 Å². The molecular weight excluding hydrogens is 376 g/mol. The van der Waals surface area contributed by atoms with Crippen LogP contribution in [0.25, 0.3) is 0 Å². The summed E-state index contributed by atoms with van der Waals surface area (Å²) < 4.78 is 0. The zero-order valence-corrected chi connectivity index (χ0v) is 17.6. The molecular formula is C24H30N4O2. The molecule has 158 valence electrons. The van der Waals surface area contributed by atoms with Gasteiger partial charge in [0.25, 0.3) is 0 Å². The monoisotopic (exact) mass is 406 g/mol. The highest BCUT2D eigenvalue weighted by atomic mass is 16.2. The number of carbonyl (C=O) groups excluding carboxylic acids is 2. The fraction of sp³-hybridized carbons (Fsp3) is 0.458. The number of aromatic nitrogens is 1. The largest absolute Gasteiger partial charge is 0.357 e. The van der Waals surface area contributed by atoms with Crippen molar-refractivity contribution in [1.29, 1.82) is 0 Å². The number of hydrogen-bond acceptors (Lipinski definition) is 4. The average molecular weight is 407 g/mol. The normalized spacial score (nSPS) is 19.0.